The van der Waals surface area contributed by atoms with Crippen LogP contribution in [-0.2, 0) is 20.2 Å². The molecule has 0 fully saturated rings. The van der Waals surface area contributed by atoms with Crippen LogP contribution in [0.2, 0.25) is 0 Å². The zero-order valence-corrected chi connectivity index (χ0v) is 11.6. The number of hydrogen-bond donors (Lipinski definition) is 0. The topological polar surface area (TPSA) is 71.5 Å². The van der Waals surface area contributed by atoms with Gasteiger partial charge in [0, 0.05) is 13.1 Å². The summed E-state index contributed by atoms with van der Waals surface area (Å²) in [5.41, 5.74) is 0. The van der Waals surface area contributed by atoms with Crippen LogP contribution in [-0.4, -0.2) is 34.2 Å². The fourth-order valence-corrected chi connectivity index (χ4v) is 3.59. The maximum atomic E-state index is 12.8. The molecule has 8 heteroatoms. The molecule has 0 radical (unpaired) electrons. The van der Waals surface area contributed by atoms with E-state index in [2.05, 4.69) is 0 Å². The van der Waals surface area contributed by atoms with E-state index in [0.717, 1.165) is 16.4 Å². The van der Waals surface area contributed by atoms with Gasteiger partial charge < -0.3 is 0 Å². The molecule has 1 aromatic rings. The number of benzene rings is 1. The zero-order chi connectivity index (χ0) is 14.0. The molecule has 0 aliphatic rings. The SMILES string of the molecule is CCN(CC)S(=O)(=O)c1cccc(S(=O)(=O)F)c1. The van der Waals surface area contributed by atoms with E-state index >= 15 is 0 Å². The lowest BCUT2D eigenvalue weighted by Crippen LogP contribution is -2.30. The summed E-state index contributed by atoms with van der Waals surface area (Å²) in [6, 6.07) is 4.27. The van der Waals surface area contributed by atoms with Crippen molar-refractivity contribution in [2.45, 2.75) is 23.6 Å². The molecule has 0 amide bonds. The van der Waals surface area contributed by atoms with Crippen LogP contribution in [0.1, 0.15) is 13.8 Å². The quantitative estimate of drug-likeness (QED) is 0.769. The van der Waals surface area contributed by atoms with Gasteiger partial charge in [-0.3, -0.25) is 0 Å². The maximum Gasteiger partial charge on any atom is 0.332 e. The van der Waals surface area contributed by atoms with Crippen molar-refractivity contribution < 1.29 is 20.7 Å². The Morgan fingerprint density at radius 1 is 1.06 bits per heavy atom. The van der Waals surface area contributed by atoms with Crippen molar-refractivity contribution >= 4 is 20.2 Å². The van der Waals surface area contributed by atoms with E-state index in [9.17, 15) is 20.7 Å². The Morgan fingerprint density at radius 2 is 1.56 bits per heavy atom. The summed E-state index contributed by atoms with van der Waals surface area (Å²) < 4.78 is 59.6. The predicted octanol–water partition coefficient (Wildman–Crippen LogP) is 1.38. The van der Waals surface area contributed by atoms with Gasteiger partial charge in [-0.15, -0.1) is 3.89 Å². The molecule has 0 aliphatic carbocycles. The molecule has 0 atom stereocenters. The first-order valence-electron chi connectivity index (χ1n) is 5.28. The Hall–Kier alpha value is -0.990. The molecule has 0 saturated heterocycles. The van der Waals surface area contributed by atoms with Crippen LogP contribution in [0.3, 0.4) is 0 Å². The van der Waals surface area contributed by atoms with Gasteiger partial charge in [0.15, 0.2) is 0 Å². The van der Waals surface area contributed by atoms with Gasteiger partial charge in [0.25, 0.3) is 0 Å². The van der Waals surface area contributed by atoms with Gasteiger partial charge in [0.2, 0.25) is 10.0 Å². The van der Waals surface area contributed by atoms with Crippen molar-refractivity contribution in [1.29, 1.82) is 0 Å². The second-order valence-corrected chi connectivity index (χ2v) is 6.79. The molecule has 0 spiro atoms. The van der Waals surface area contributed by atoms with Gasteiger partial charge in [-0.25, -0.2) is 8.42 Å². The third-order valence-corrected chi connectivity index (χ3v) is 5.29. The van der Waals surface area contributed by atoms with E-state index in [0.29, 0.717) is 0 Å². The third kappa shape index (κ3) is 3.06. The molecular formula is C10H14FNO4S2. The summed E-state index contributed by atoms with van der Waals surface area (Å²) in [5, 5.41) is 0. The molecule has 0 heterocycles. The molecule has 0 aromatic heterocycles. The molecule has 18 heavy (non-hydrogen) atoms. The fourth-order valence-electron chi connectivity index (χ4n) is 1.50. The van der Waals surface area contributed by atoms with Gasteiger partial charge >= 0.3 is 10.2 Å². The number of nitrogens with zero attached hydrogens (tertiary/aromatic N) is 1. The molecule has 0 saturated carbocycles. The minimum absolute atomic E-state index is 0.232. The highest BCUT2D eigenvalue weighted by Gasteiger charge is 2.23. The summed E-state index contributed by atoms with van der Waals surface area (Å²) in [6.07, 6.45) is 0. The highest BCUT2D eigenvalue weighted by Crippen LogP contribution is 2.20. The van der Waals surface area contributed by atoms with Crippen molar-refractivity contribution in [3.8, 4) is 0 Å². The molecule has 1 aromatic carbocycles. The number of sulfonamides is 1. The molecule has 1 rings (SSSR count). The van der Waals surface area contributed by atoms with Crippen LogP contribution >= 0.6 is 0 Å². The first-order chi connectivity index (χ1) is 8.23. The number of rotatable bonds is 5. The molecule has 0 bridgehead atoms. The lowest BCUT2D eigenvalue weighted by Gasteiger charge is -2.18. The summed E-state index contributed by atoms with van der Waals surface area (Å²) in [5.74, 6) is 0. The fraction of sp³-hybridized carbons (Fsp3) is 0.400. The van der Waals surface area contributed by atoms with E-state index in [1.807, 2.05) is 0 Å². The average molecular weight is 295 g/mol. The van der Waals surface area contributed by atoms with Crippen molar-refractivity contribution in [2.24, 2.45) is 0 Å². The largest absolute Gasteiger partial charge is 0.332 e. The predicted molar refractivity (Wildman–Crippen MR) is 64.8 cm³/mol. The minimum atomic E-state index is -4.91. The van der Waals surface area contributed by atoms with E-state index in [-0.39, 0.29) is 18.0 Å². The molecule has 5 nitrogen and oxygen atoms in total. The smallest absolute Gasteiger partial charge is 0.207 e. The minimum Gasteiger partial charge on any atom is -0.207 e. The van der Waals surface area contributed by atoms with E-state index in [1.54, 1.807) is 13.8 Å². The Balaban J connectivity index is 3.35. The van der Waals surface area contributed by atoms with Gasteiger partial charge in [-0.1, -0.05) is 19.9 Å². The number of halogens is 1. The lowest BCUT2D eigenvalue weighted by molar-refractivity contribution is 0.445. The zero-order valence-electron chi connectivity index (χ0n) is 10.00. The van der Waals surface area contributed by atoms with Gasteiger partial charge in [-0.05, 0) is 18.2 Å². The highest BCUT2D eigenvalue weighted by molar-refractivity contribution is 7.89. The summed E-state index contributed by atoms with van der Waals surface area (Å²) in [4.78, 5) is -0.888. The normalized spacial score (nSPS) is 12.9. The molecule has 102 valence electrons. The van der Waals surface area contributed by atoms with Crippen LogP contribution < -0.4 is 0 Å². The number of hydrogen-bond acceptors (Lipinski definition) is 4. The summed E-state index contributed by atoms with van der Waals surface area (Å²) in [6.45, 7) is 3.84. The Kier molecular flexibility index (Phi) is 4.46. The van der Waals surface area contributed by atoms with Crippen LogP contribution in [0.25, 0.3) is 0 Å². The van der Waals surface area contributed by atoms with Crippen LogP contribution in [0, 0.1) is 0 Å². The van der Waals surface area contributed by atoms with Gasteiger partial charge in [-0.2, -0.15) is 12.7 Å². The van der Waals surface area contributed by atoms with Crippen molar-refractivity contribution in [1.82, 2.24) is 4.31 Å². The Morgan fingerprint density at radius 3 is 2.00 bits per heavy atom. The van der Waals surface area contributed by atoms with Crippen LogP contribution in [0.4, 0.5) is 3.89 Å². The highest BCUT2D eigenvalue weighted by atomic mass is 32.3. The van der Waals surface area contributed by atoms with Gasteiger partial charge in [0.1, 0.15) is 0 Å². The van der Waals surface area contributed by atoms with Gasteiger partial charge in [0.05, 0.1) is 9.79 Å². The molecular weight excluding hydrogens is 281 g/mol. The monoisotopic (exact) mass is 295 g/mol. The Labute approximate surface area is 106 Å². The molecule has 0 unspecified atom stereocenters. The average Bonchev–Trinajstić information content (AvgIpc) is 2.29. The lowest BCUT2D eigenvalue weighted by atomic mass is 10.4. The van der Waals surface area contributed by atoms with E-state index in [4.69, 9.17) is 0 Å². The van der Waals surface area contributed by atoms with Crippen LogP contribution in [0.15, 0.2) is 34.1 Å². The first kappa shape index (κ1) is 15.1. The van der Waals surface area contributed by atoms with E-state index < -0.39 is 25.1 Å². The third-order valence-electron chi connectivity index (χ3n) is 2.43. The standard InChI is InChI=1S/C10H14FNO4S2/c1-3-12(4-2)18(15,16)10-7-5-6-9(8-10)17(11,13)14/h5-8H,3-4H2,1-2H3. The first-order valence-corrected chi connectivity index (χ1v) is 8.10. The maximum absolute atomic E-state index is 12.8. The van der Waals surface area contributed by atoms with Crippen molar-refractivity contribution in [3.05, 3.63) is 24.3 Å². The molecule has 0 aliphatic heterocycles. The van der Waals surface area contributed by atoms with Crippen LogP contribution in [0.5, 0.6) is 0 Å². The van der Waals surface area contributed by atoms with Crippen molar-refractivity contribution in [2.75, 3.05) is 13.1 Å². The summed E-state index contributed by atoms with van der Waals surface area (Å²) in [7, 11) is -8.69. The second-order valence-electron chi connectivity index (χ2n) is 3.50. The Bertz CT molecular complexity index is 621. The van der Waals surface area contributed by atoms with Crippen molar-refractivity contribution in [3.63, 3.8) is 0 Å². The summed E-state index contributed by atoms with van der Waals surface area (Å²) >= 11 is 0. The van der Waals surface area contributed by atoms with E-state index in [1.165, 1.54) is 12.1 Å². The molecule has 0 N–H and O–H groups in total. The second kappa shape index (κ2) is 5.33.